The van der Waals surface area contributed by atoms with E-state index in [1.807, 2.05) is 0 Å². The van der Waals surface area contributed by atoms with Crippen LogP contribution in [0.5, 0.6) is 0 Å². The number of likely N-dealkylation sites (N-methyl/N-ethyl adjacent to an activating group) is 1. The van der Waals surface area contributed by atoms with Crippen molar-refractivity contribution in [3.63, 3.8) is 0 Å². The SMILES string of the molecule is CC(C)C1CNCC(CN(C)C)N1. The Morgan fingerprint density at radius 2 is 2.00 bits per heavy atom. The Morgan fingerprint density at radius 1 is 1.31 bits per heavy atom. The van der Waals surface area contributed by atoms with Crippen LogP contribution in [0.1, 0.15) is 13.8 Å². The van der Waals surface area contributed by atoms with Crippen molar-refractivity contribution in [2.75, 3.05) is 33.7 Å². The van der Waals surface area contributed by atoms with Gasteiger partial charge in [-0.1, -0.05) is 13.8 Å². The molecule has 0 aliphatic carbocycles. The molecule has 2 N–H and O–H groups in total. The Balaban J connectivity index is 2.33. The second-order valence-electron chi connectivity index (χ2n) is 4.63. The predicted molar refractivity (Wildman–Crippen MR) is 57.0 cm³/mol. The van der Waals surface area contributed by atoms with Gasteiger partial charge < -0.3 is 15.5 Å². The third-order valence-electron chi connectivity index (χ3n) is 2.60. The van der Waals surface area contributed by atoms with Gasteiger partial charge in [-0.25, -0.2) is 0 Å². The van der Waals surface area contributed by atoms with Crippen LogP contribution in [0, 0.1) is 5.92 Å². The normalized spacial score (nSPS) is 30.0. The van der Waals surface area contributed by atoms with Gasteiger partial charge in [0.1, 0.15) is 0 Å². The summed E-state index contributed by atoms with van der Waals surface area (Å²) in [5.41, 5.74) is 0. The molecule has 0 radical (unpaired) electrons. The zero-order chi connectivity index (χ0) is 9.84. The summed E-state index contributed by atoms with van der Waals surface area (Å²) in [6.07, 6.45) is 0. The number of piperazine rings is 1. The van der Waals surface area contributed by atoms with Gasteiger partial charge in [0.15, 0.2) is 0 Å². The summed E-state index contributed by atoms with van der Waals surface area (Å²) in [7, 11) is 4.25. The summed E-state index contributed by atoms with van der Waals surface area (Å²) in [4.78, 5) is 2.24. The minimum Gasteiger partial charge on any atom is -0.314 e. The minimum absolute atomic E-state index is 0.608. The van der Waals surface area contributed by atoms with Crippen LogP contribution >= 0.6 is 0 Å². The van der Waals surface area contributed by atoms with Gasteiger partial charge in [0, 0.05) is 31.7 Å². The molecule has 0 saturated carbocycles. The summed E-state index contributed by atoms with van der Waals surface area (Å²) in [6.45, 7) is 7.88. The lowest BCUT2D eigenvalue weighted by atomic mass is 10.0. The minimum atomic E-state index is 0.608. The van der Waals surface area contributed by atoms with Crippen molar-refractivity contribution in [3.8, 4) is 0 Å². The highest BCUT2D eigenvalue weighted by atomic mass is 15.2. The van der Waals surface area contributed by atoms with Crippen LogP contribution in [0.4, 0.5) is 0 Å². The highest BCUT2D eigenvalue weighted by Crippen LogP contribution is 2.05. The van der Waals surface area contributed by atoms with E-state index in [0.717, 1.165) is 25.6 Å². The third kappa shape index (κ3) is 3.63. The van der Waals surface area contributed by atoms with E-state index in [1.54, 1.807) is 0 Å². The summed E-state index contributed by atoms with van der Waals surface area (Å²) in [5.74, 6) is 0.720. The number of nitrogens with one attached hydrogen (secondary N) is 2. The molecule has 0 amide bonds. The topological polar surface area (TPSA) is 27.3 Å². The van der Waals surface area contributed by atoms with Crippen molar-refractivity contribution >= 4 is 0 Å². The second kappa shape index (κ2) is 4.94. The maximum absolute atomic E-state index is 3.68. The fourth-order valence-electron chi connectivity index (χ4n) is 1.82. The van der Waals surface area contributed by atoms with E-state index >= 15 is 0 Å². The maximum Gasteiger partial charge on any atom is 0.0322 e. The van der Waals surface area contributed by atoms with Gasteiger partial charge in [0.05, 0.1) is 0 Å². The van der Waals surface area contributed by atoms with E-state index in [1.165, 1.54) is 0 Å². The molecule has 1 aliphatic rings. The Bertz CT molecular complexity index is 145. The molecule has 0 bridgehead atoms. The first-order valence-electron chi connectivity index (χ1n) is 5.21. The molecule has 3 nitrogen and oxygen atoms in total. The zero-order valence-electron chi connectivity index (χ0n) is 9.30. The van der Waals surface area contributed by atoms with Crippen LogP contribution < -0.4 is 10.6 Å². The first-order chi connectivity index (χ1) is 6.09. The number of hydrogen-bond acceptors (Lipinski definition) is 3. The fourth-order valence-corrected chi connectivity index (χ4v) is 1.82. The monoisotopic (exact) mass is 185 g/mol. The quantitative estimate of drug-likeness (QED) is 0.655. The fraction of sp³-hybridized carbons (Fsp3) is 1.00. The number of nitrogens with zero attached hydrogens (tertiary/aromatic N) is 1. The zero-order valence-corrected chi connectivity index (χ0v) is 9.30. The van der Waals surface area contributed by atoms with Crippen LogP contribution in [-0.4, -0.2) is 50.7 Å². The van der Waals surface area contributed by atoms with E-state index in [4.69, 9.17) is 0 Å². The Morgan fingerprint density at radius 3 is 2.54 bits per heavy atom. The molecule has 0 aromatic heterocycles. The van der Waals surface area contributed by atoms with E-state index in [2.05, 4.69) is 43.5 Å². The Labute approximate surface area is 81.9 Å². The van der Waals surface area contributed by atoms with Gasteiger partial charge in [0.2, 0.25) is 0 Å². The van der Waals surface area contributed by atoms with Crippen molar-refractivity contribution < 1.29 is 0 Å². The first-order valence-corrected chi connectivity index (χ1v) is 5.21. The lowest BCUT2D eigenvalue weighted by Crippen LogP contribution is -2.59. The van der Waals surface area contributed by atoms with E-state index in [9.17, 15) is 0 Å². The van der Waals surface area contributed by atoms with Crippen molar-refractivity contribution in [3.05, 3.63) is 0 Å². The van der Waals surface area contributed by atoms with Gasteiger partial charge in [-0.3, -0.25) is 0 Å². The van der Waals surface area contributed by atoms with Gasteiger partial charge in [-0.15, -0.1) is 0 Å². The van der Waals surface area contributed by atoms with Gasteiger partial charge in [-0.05, 0) is 20.0 Å². The average Bonchev–Trinajstić information content (AvgIpc) is 2.03. The van der Waals surface area contributed by atoms with Gasteiger partial charge >= 0.3 is 0 Å². The number of hydrogen-bond donors (Lipinski definition) is 2. The Kier molecular flexibility index (Phi) is 4.16. The smallest absolute Gasteiger partial charge is 0.0322 e. The molecule has 3 heteroatoms. The molecule has 78 valence electrons. The van der Waals surface area contributed by atoms with Crippen LogP contribution in [-0.2, 0) is 0 Å². The van der Waals surface area contributed by atoms with Crippen molar-refractivity contribution in [1.29, 1.82) is 0 Å². The number of rotatable bonds is 3. The molecule has 13 heavy (non-hydrogen) atoms. The summed E-state index contributed by atoms with van der Waals surface area (Å²) >= 11 is 0. The summed E-state index contributed by atoms with van der Waals surface area (Å²) < 4.78 is 0. The Hall–Kier alpha value is -0.120. The molecule has 2 unspecified atom stereocenters. The molecule has 0 aromatic carbocycles. The highest BCUT2D eigenvalue weighted by Gasteiger charge is 2.22. The van der Waals surface area contributed by atoms with Crippen LogP contribution in [0.25, 0.3) is 0 Å². The maximum atomic E-state index is 3.68. The highest BCUT2D eigenvalue weighted by molar-refractivity contribution is 4.86. The summed E-state index contributed by atoms with van der Waals surface area (Å²) in [5, 5.41) is 7.16. The summed E-state index contributed by atoms with van der Waals surface area (Å²) in [6, 6.07) is 1.25. The lowest BCUT2D eigenvalue weighted by molar-refractivity contribution is 0.242. The van der Waals surface area contributed by atoms with Crippen LogP contribution in [0.3, 0.4) is 0 Å². The molecular formula is C10H23N3. The standard InChI is InChI=1S/C10H23N3/c1-8(2)10-6-11-5-9(12-10)7-13(3)4/h8-12H,5-7H2,1-4H3. The molecule has 1 fully saturated rings. The van der Waals surface area contributed by atoms with Crippen molar-refractivity contribution in [1.82, 2.24) is 15.5 Å². The molecule has 1 rings (SSSR count). The first kappa shape index (κ1) is 11.0. The molecule has 1 saturated heterocycles. The predicted octanol–water partition coefficient (Wildman–Crippen LogP) is 0.134. The van der Waals surface area contributed by atoms with E-state index in [-0.39, 0.29) is 0 Å². The van der Waals surface area contributed by atoms with Crippen molar-refractivity contribution in [2.45, 2.75) is 25.9 Å². The third-order valence-corrected chi connectivity index (χ3v) is 2.60. The molecule has 1 aliphatic heterocycles. The van der Waals surface area contributed by atoms with Gasteiger partial charge in [-0.2, -0.15) is 0 Å². The largest absolute Gasteiger partial charge is 0.314 e. The van der Waals surface area contributed by atoms with Gasteiger partial charge in [0.25, 0.3) is 0 Å². The van der Waals surface area contributed by atoms with Crippen LogP contribution in [0.15, 0.2) is 0 Å². The molecule has 2 atom stereocenters. The average molecular weight is 185 g/mol. The van der Waals surface area contributed by atoms with Crippen LogP contribution in [0.2, 0.25) is 0 Å². The lowest BCUT2D eigenvalue weighted by Gasteiger charge is -2.35. The second-order valence-corrected chi connectivity index (χ2v) is 4.63. The molecule has 0 aromatic rings. The molecule has 0 spiro atoms. The van der Waals surface area contributed by atoms with E-state index < -0.39 is 0 Å². The molecule has 1 heterocycles. The van der Waals surface area contributed by atoms with Crippen molar-refractivity contribution in [2.24, 2.45) is 5.92 Å². The van der Waals surface area contributed by atoms with E-state index in [0.29, 0.717) is 12.1 Å². The molecular weight excluding hydrogens is 162 g/mol.